The van der Waals surface area contributed by atoms with Gasteiger partial charge in [0.15, 0.2) is 6.29 Å². The van der Waals surface area contributed by atoms with Crippen LogP contribution in [0.4, 0.5) is 0 Å². The van der Waals surface area contributed by atoms with Crippen LogP contribution in [0.2, 0.25) is 0 Å². The Morgan fingerprint density at radius 2 is 1.42 bits per heavy atom. The number of rotatable bonds is 4. The van der Waals surface area contributed by atoms with Gasteiger partial charge in [-0.2, -0.15) is 0 Å². The number of hydrogen-bond donors (Lipinski definition) is 6. The lowest BCUT2D eigenvalue weighted by molar-refractivity contribution is -0.373. The number of fused-ring (bicyclic) bond motifs is 1. The lowest BCUT2D eigenvalue weighted by atomic mass is 9.88. The van der Waals surface area contributed by atoms with Crippen LogP contribution in [0.3, 0.4) is 0 Å². The van der Waals surface area contributed by atoms with Gasteiger partial charge in [0.1, 0.15) is 54.9 Å². The third kappa shape index (κ3) is 2.97. The third-order valence-electron chi connectivity index (χ3n) is 4.85. The lowest BCUT2D eigenvalue weighted by Crippen LogP contribution is -2.71. The Morgan fingerprint density at radius 1 is 0.750 bits per heavy atom. The van der Waals surface area contributed by atoms with Gasteiger partial charge in [0.2, 0.25) is 0 Å². The Kier molecular flexibility index (Phi) is 5.42. The molecule has 0 amide bonds. The van der Waals surface area contributed by atoms with Gasteiger partial charge in [0, 0.05) is 0 Å². The fourth-order valence-corrected chi connectivity index (χ4v) is 3.38. The predicted octanol–water partition coefficient (Wildman–Crippen LogP) is -3.92. The van der Waals surface area contributed by atoms with E-state index in [-0.39, 0.29) is 12.2 Å². The molecule has 3 aliphatic heterocycles. The van der Waals surface area contributed by atoms with E-state index in [0.717, 1.165) is 0 Å². The molecule has 0 aromatic rings. The molecule has 7 unspecified atom stereocenters. The normalized spacial score (nSPS) is 54.9. The van der Waals surface area contributed by atoms with E-state index < -0.39 is 68.3 Å². The highest BCUT2D eigenvalue weighted by molar-refractivity contribution is 5.02. The second-order valence-electron chi connectivity index (χ2n) is 6.42. The smallest absolute Gasteiger partial charge is 0.187 e. The van der Waals surface area contributed by atoms with Crippen molar-refractivity contribution in [2.75, 3.05) is 13.2 Å². The third-order valence-corrected chi connectivity index (χ3v) is 4.85. The molecule has 3 fully saturated rings. The minimum absolute atomic E-state index is 0.216. The number of ether oxygens (including phenoxy) is 4. The minimum Gasteiger partial charge on any atom is -0.394 e. The van der Waals surface area contributed by atoms with Crippen molar-refractivity contribution >= 4 is 0 Å². The van der Waals surface area contributed by atoms with Crippen molar-refractivity contribution in [1.82, 2.24) is 0 Å². The van der Waals surface area contributed by atoms with Crippen LogP contribution < -0.4 is 0 Å². The van der Waals surface area contributed by atoms with Gasteiger partial charge in [-0.1, -0.05) is 0 Å². The summed E-state index contributed by atoms with van der Waals surface area (Å²) in [7, 11) is 0. The van der Waals surface area contributed by atoms with Crippen LogP contribution in [0.1, 0.15) is 6.92 Å². The van der Waals surface area contributed by atoms with Gasteiger partial charge in [0.25, 0.3) is 0 Å². The summed E-state index contributed by atoms with van der Waals surface area (Å²) in [6, 6.07) is 0. The zero-order chi connectivity index (χ0) is 17.6. The van der Waals surface area contributed by atoms with Gasteiger partial charge >= 0.3 is 0 Å². The Labute approximate surface area is 138 Å². The van der Waals surface area contributed by atoms with E-state index in [0.29, 0.717) is 0 Å². The van der Waals surface area contributed by atoms with Crippen LogP contribution in [0.25, 0.3) is 0 Å². The molecule has 0 spiro atoms. The van der Waals surface area contributed by atoms with Gasteiger partial charge in [-0.3, -0.25) is 0 Å². The Morgan fingerprint density at radius 3 is 2.00 bits per heavy atom. The fourth-order valence-electron chi connectivity index (χ4n) is 3.38. The average molecular weight is 352 g/mol. The Balaban J connectivity index is 1.71. The van der Waals surface area contributed by atoms with Crippen molar-refractivity contribution in [3.63, 3.8) is 0 Å². The highest BCUT2D eigenvalue weighted by atomic mass is 16.7. The summed E-state index contributed by atoms with van der Waals surface area (Å²) in [5.74, 6) is 0. The summed E-state index contributed by atoms with van der Waals surface area (Å²) in [5, 5.41) is 58.6. The highest BCUT2D eigenvalue weighted by Crippen LogP contribution is 2.37. The lowest BCUT2D eigenvalue weighted by Gasteiger charge is -2.53. The predicted molar refractivity (Wildman–Crippen MR) is 74.7 cm³/mol. The first-order valence-corrected chi connectivity index (χ1v) is 7.94. The molecule has 3 saturated heterocycles. The van der Waals surface area contributed by atoms with Gasteiger partial charge in [-0.15, -0.1) is 0 Å². The molecule has 3 aliphatic rings. The first kappa shape index (κ1) is 18.4. The molecule has 11 atom stereocenters. The molecule has 0 aromatic carbocycles. The van der Waals surface area contributed by atoms with Crippen LogP contribution in [-0.2, 0) is 18.9 Å². The Hall–Kier alpha value is -0.400. The highest BCUT2D eigenvalue weighted by Gasteiger charge is 2.56. The maximum Gasteiger partial charge on any atom is 0.187 e. The van der Waals surface area contributed by atoms with Gasteiger partial charge in [0.05, 0.1) is 19.3 Å². The molecule has 0 radical (unpaired) electrons. The minimum atomic E-state index is -1.60. The average Bonchev–Trinajstić information content (AvgIpc) is 2.57. The number of hydrogen-bond acceptors (Lipinski definition) is 10. The van der Waals surface area contributed by atoms with Crippen molar-refractivity contribution in [3.05, 3.63) is 0 Å². The zero-order valence-electron chi connectivity index (χ0n) is 13.1. The van der Waals surface area contributed by atoms with Crippen LogP contribution in [0, 0.1) is 0 Å². The molecule has 0 aromatic heterocycles. The molecule has 10 heteroatoms. The van der Waals surface area contributed by atoms with E-state index in [4.69, 9.17) is 18.9 Å². The molecule has 6 N–H and O–H groups in total. The van der Waals surface area contributed by atoms with Gasteiger partial charge < -0.3 is 49.6 Å². The maximum atomic E-state index is 10.4. The van der Waals surface area contributed by atoms with Crippen LogP contribution in [0.5, 0.6) is 0 Å². The summed E-state index contributed by atoms with van der Waals surface area (Å²) >= 11 is 0. The molecular weight excluding hydrogens is 328 g/mol. The van der Waals surface area contributed by atoms with Crippen molar-refractivity contribution < 1.29 is 49.6 Å². The first-order valence-electron chi connectivity index (χ1n) is 7.94. The molecule has 3 heterocycles. The van der Waals surface area contributed by atoms with Crippen LogP contribution in [0.15, 0.2) is 0 Å². The maximum absolute atomic E-state index is 10.4. The van der Waals surface area contributed by atoms with Crippen LogP contribution >= 0.6 is 0 Å². The summed E-state index contributed by atoms with van der Waals surface area (Å²) in [6.07, 6.45) is -11.6. The second-order valence-corrected chi connectivity index (χ2v) is 6.42. The fraction of sp³-hybridized carbons (Fsp3) is 1.00. The van der Waals surface area contributed by atoms with E-state index in [1.54, 1.807) is 6.92 Å². The SMILES string of the molecule is CC1OC2C(O)[C@H](O[C@@H]3OC(CO)[C@H](O)C(O)C3O)C(CO)O[C@@H]12. The quantitative estimate of drug-likeness (QED) is 0.295. The van der Waals surface area contributed by atoms with Gasteiger partial charge in [-0.05, 0) is 6.92 Å². The molecule has 140 valence electrons. The van der Waals surface area contributed by atoms with Crippen LogP contribution in [-0.4, -0.2) is 111 Å². The Bertz CT molecular complexity index is 432. The molecule has 0 aliphatic carbocycles. The molecule has 0 saturated carbocycles. The van der Waals surface area contributed by atoms with E-state index in [1.807, 2.05) is 0 Å². The van der Waals surface area contributed by atoms with Crippen molar-refractivity contribution in [2.45, 2.75) is 74.3 Å². The first-order chi connectivity index (χ1) is 11.4. The molecule has 3 rings (SSSR count). The summed E-state index contributed by atoms with van der Waals surface area (Å²) in [5.41, 5.74) is 0. The second kappa shape index (κ2) is 7.08. The van der Waals surface area contributed by atoms with Crippen molar-refractivity contribution in [3.8, 4) is 0 Å². The monoisotopic (exact) mass is 352 g/mol. The number of aliphatic hydroxyl groups excluding tert-OH is 6. The van der Waals surface area contributed by atoms with E-state index in [2.05, 4.69) is 0 Å². The van der Waals surface area contributed by atoms with E-state index >= 15 is 0 Å². The molecule has 24 heavy (non-hydrogen) atoms. The van der Waals surface area contributed by atoms with E-state index in [1.165, 1.54) is 0 Å². The molecule has 10 nitrogen and oxygen atoms in total. The van der Waals surface area contributed by atoms with Crippen molar-refractivity contribution in [1.29, 1.82) is 0 Å². The summed E-state index contributed by atoms with van der Waals surface area (Å²) in [4.78, 5) is 0. The molecular formula is C14H24O10. The summed E-state index contributed by atoms with van der Waals surface area (Å²) in [6.45, 7) is 0.749. The standard InChI is InChI=1S/C14H24O10/c1-4-11-13(21-4)10(20)12(6(3-16)22-11)24-14-9(19)8(18)7(17)5(2-15)23-14/h4-20H,2-3H2,1H3/t4?,5?,6?,7-,8?,9?,10?,11-,12+,13?,14-/m0/s1. The zero-order valence-corrected chi connectivity index (χ0v) is 13.1. The van der Waals surface area contributed by atoms with Gasteiger partial charge in [-0.25, -0.2) is 0 Å². The number of aliphatic hydroxyl groups is 6. The molecule has 0 bridgehead atoms. The summed E-state index contributed by atoms with van der Waals surface area (Å²) < 4.78 is 21.8. The van der Waals surface area contributed by atoms with Crippen molar-refractivity contribution in [2.24, 2.45) is 0 Å². The largest absolute Gasteiger partial charge is 0.394 e. The van der Waals surface area contributed by atoms with E-state index in [9.17, 15) is 30.6 Å². The topological polar surface area (TPSA) is 158 Å².